The SMILES string of the molecule is CCCCC/C(=C/C=C/C(=O)N[C@H](C)CCCc1cccnc1)c1cccc(F)c1. The van der Waals surface area contributed by atoms with Gasteiger partial charge in [-0.25, -0.2) is 4.39 Å². The molecule has 30 heavy (non-hydrogen) atoms. The molecule has 160 valence electrons. The lowest BCUT2D eigenvalue weighted by molar-refractivity contribution is -0.117. The van der Waals surface area contributed by atoms with Crippen LogP contribution in [0.25, 0.3) is 5.57 Å². The van der Waals surface area contributed by atoms with E-state index in [-0.39, 0.29) is 17.8 Å². The Kier molecular flexibility index (Phi) is 10.6. The Labute approximate surface area is 180 Å². The molecule has 1 heterocycles. The third kappa shape index (κ3) is 9.17. The molecule has 1 atom stereocenters. The van der Waals surface area contributed by atoms with Crippen LogP contribution in [0.3, 0.4) is 0 Å². The van der Waals surface area contributed by atoms with E-state index in [1.807, 2.05) is 31.3 Å². The van der Waals surface area contributed by atoms with Gasteiger partial charge in [0.15, 0.2) is 0 Å². The van der Waals surface area contributed by atoms with Crippen molar-refractivity contribution in [1.82, 2.24) is 10.3 Å². The van der Waals surface area contributed by atoms with Crippen LogP contribution in [0.5, 0.6) is 0 Å². The molecule has 0 spiro atoms. The predicted molar refractivity (Wildman–Crippen MR) is 122 cm³/mol. The molecule has 0 unspecified atom stereocenters. The van der Waals surface area contributed by atoms with Crippen LogP contribution < -0.4 is 5.32 Å². The highest BCUT2D eigenvalue weighted by molar-refractivity contribution is 5.88. The second-order valence-corrected chi connectivity index (χ2v) is 7.68. The van der Waals surface area contributed by atoms with Gasteiger partial charge in [0, 0.05) is 24.5 Å². The fourth-order valence-electron chi connectivity index (χ4n) is 3.35. The van der Waals surface area contributed by atoms with Crippen molar-refractivity contribution in [2.24, 2.45) is 0 Å². The monoisotopic (exact) mass is 408 g/mol. The lowest BCUT2D eigenvalue weighted by Crippen LogP contribution is -2.31. The molecular formula is C26H33FN2O. The van der Waals surface area contributed by atoms with Crippen molar-refractivity contribution in [1.29, 1.82) is 0 Å². The summed E-state index contributed by atoms with van der Waals surface area (Å²) in [4.78, 5) is 16.3. The first-order chi connectivity index (χ1) is 14.6. The Morgan fingerprint density at radius 2 is 2.07 bits per heavy atom. The molecule has 1 N–H and O–H groups in total. The highest BCUT2D eigenvalue weighted by atomic mass is 19.1. The quantitative estimate of drug-likeness (QED) is 0.255. The van der Waals surface area contributed by atoms with E-state index >= 15 is 0 Å². The van der Waals surface area contributed by atoms with Crippen LogP contribution in [0.1, 0.15) is 63.5 Å². The van der Waals surface area contributed by atoms with E-state index in [4.69, 9.17) is 0 Å². The zero-order valence-electron chi connectivity index (χ0n) is 18.1. The van der Waals surface area contributed by atoms with E-state index in [9.17, 15) is 9.18 Å². The van der Waals surface area contributed by atoms with Gasteiger partial charge in [-0.1, -0.05) is 50.1 Å². The number of unbranched alkanes of at least 4 members (excludes halogenated alkanes) is 2. The fourth-order valence-corrected chi connectivity index (χ4v) is 3.35. The van der Waals surface area contributed by atoms with Crippen LogP contribution >= 0.6 is 0 Å². The van der Waals surface area contributed by atoms with Crippen molar-refractivity contribution < 1.29 is 9.18 Å². The van der Waals surface area contributed by atoms with E-state index in [1.54, 1.807) is 30.5 Å². The number of nitrogens with zero attached hydrogens (tertiary/aromatic N) is 1. The Morgan fingerprint density at radius 3 is 2.80 bits per heavy atom. The summed E-state index contributed by atoms with van der Waals surface area (Å²) in [6.07, 6.45) is 16.0. The minimum Gasteiger partial charge on any atom is -0.350 e. The standard InChI is InChI=1S/C26H33FN2O/c1-3-4-5-13-23(24-15-7-16-25(27)19-24)14-8-17-26(30)29-21(2)10-6-11-22-12-9-18-28-20-22/h7-9,12,14-21H,3-6,10-11,13H2,1-2H3,(H,29,30)/b17-8+,23-14-/t21-/m1/s1. The third-order valence-electron chi connectivity index (χ3n) is 5.00. The topological polar surface area (TPSA) is 42.0 Å². The number of pyridine rings is 1. The molecule has 0 aliphatic rings. The van der Waals surface area contributed by atoms with Gasteiger partial charge in [0.1, 0.15) is 5.82 Å². The molecule has 4 heteroatoms. The van der Waals surface area contributed by atoms with E-state index < -0.39 is 0 Å². The molecule has 1 aromatic carbocycles. The Hall–Kier alpha value is -2.75. The molecule has 0 aliphatic heterocycles. The van der Waals surface area contributed by atoms with Crippen molar-refractivity contribution >= 4 is 11.5 Å². The number of hydrogen-bond donors (Lipinski definition) is 1. The summed E-state index contributed by atoms with van der Waals surface area (Å²) < 4.78 is 13.6. The number of aromatic nitrogens is 1. The first kappa shape index (κ1) is 23.5. The van der Waals surface area contributed by atoms with Crippen molar-refractivity contribution in [2.75, 3.05) is 0 Å². The number of halogens is 1. The van der Waals surface area contributed by atoms with Crippen LogP contribution in [-0.4, -0.2) is 16.9 Å². The summed E-state index contributed by atoms with van der Waals surface area (Å²) in [6.45, 7) is 4.18. The number of amides is 1. The largest absolute Gasteiger partial charge is 0.350 e. The maximum atomic E-state index is 13.6. The summed E-state index contributed by atoms with van der Waals surface area (Å²) in [5.74, 6) is -0.344. The number of nitrogens with one attached hydrogen (secondary N) is 1. The van der Waals surface area contributed by atoms with Gasteiger partial charge < -0.3 is 5.32 Å². The van der Waals surface area contributed by atoms with Crippen molar-refractivity contribution in [3.8, 4) is 0 Å². The van der Waals surface area contributed by atoms with Crippen molar-refractivity contribution in [3.63, 3.8) is 0 Å². The van der Waals surface area contributed by atoms with Crippen LogP contribution in [0.4, 0.5) is 4.39 Å². The summed E-state index contributed by atoms with van der Waals surface area (Å²) in [5.41, 5.74) is 3.14. The minimum atomic E-state index is -0.240. The first-order valence-corrected chi connectivity index (χ1v) is 10.9. The van der Waals surface area contributed by atoms with E-state index in [0.717, 1.165) is 56.1 Å². The molecule has 3 nitrogen and oxygen atoms in total. The van der Waals surface area contributed by atoms with E-state index in [0.29, 0.717) is 0 Å². The summed E-state index contributed by atoms with van der Waals surface area (Å²) in [5, 5.41) is 3.01. The Bertz CT molecular complexity index is 830. The molecule has 0 saturated carbocycles. The van der Waals surface area contributed by atoms with Gasteiger partial charge >= 0.3 is 0 Å². The summed E-state index contributed by atoms with van der Waals surface area (Å²) >= 11 is 0. The number of hydrogen-bond acceptors (Lipinski definition) is 2. The minimum absolute atomic E-state index is 0.104. The number of rotatable bonds is 12. The molecule has 0 saturated heterocycles. The maximum Gasteiger partial charge on any atom is 0.244 e. The summed E-state index contributed by atoms with van der Waals surface area (Å²) in [7, 11) is 0. The lowest BCUT2D eigenvalue weighted by Gasteiger charge is -2.12. The highest BCUT2D eigenvalue weighted by Crippen LogP contribution is 2.22. The van der Waals surface area contributed by atoms with Crippen LogP contribution in [0.2, 0.25) is 0 Å². The smallest absolute Gasteiger partial charge is 0.244 e. The maximum absolute atomic E-state index is 13.6. The van der Waals surface area contributed by atoms with Crippen molar-refractivity contribution in [2.45, 2.75) is 64.8 Å². The van der Waals surface area contributed by atoms with Crippen LogP contribution in [-0.2, 0) is 11.2 Å². The Balaban J connectivity index is 1.85. The molecule has 0 fully saturated rings. The van der Waals surface area contributed by atoms with Gasteiger partial charge in [-0.2, -0.15) is 0 Å². The van der Waals surface area contributed by atoms with Gasteiger partial charge in [0.25, 0.3) is 0 Å². The molecule has 1 aromatic heterocycles. The number of benzene rings is 1. The molecule has 1 amide bonds. The summed E-state index contributed by atoms with van der Waals surface area (Å²) in [6, 6.07) is 10.8. The molecular weight excluding hydrogens is 375 g/mol. The molecule has 0 aliphatic carbocycles. The third-order valence-corrected chi connectivity index (χ3v) is 5.00. The zero-order valence-corrected chi connectivity index (χ0v) is 18.1. The van der Waals surface area contributed by atoms with Gasteiger partial charge in [-0.05, 0) is 73.9 Å². The average molecular weight is 409 g/mol. The average Bonchev–Trinajstić information content (AvgIpc) is 2.73. The number of carbonyl (C=O) groups excluding carboxylic acids is 1. The van der Waals surface area contributed by atoms with Crippen LogP contribution in [0, 0.1) is 5.82 Å². The van der Waals surface area contributed by atoms with Gasteiger partial charge in [0.2, 0.25) is 5.91 Å². The second kappa shape index (κ2) is 13.5. The second-order valence-electron chi connectivity index (χ2n) is 7.68. The number of carbonyl (C=O) groups is 1. The van der Waals surface area contributed by atoms with Gasteiger partial charge in [-0.3, -0.25) is 9.78 Å². The first-order valence-electron chi connectivity index (χ1n) is 10.9. The van der Waals surface area contributed by atoms with Gasteiger partial charge in [-0.15, -0.1) is 0 Å². The van der Waals surface area contributed by atoms with Crippen molar-refractivity contribution in [3.05, 3.63) is 84.0 Å². The Morgan fingerprint density at radius 1 is 1.20 bits per heavy atom. The lowest BCUT2D eigenvalue weighted by atomic mass is 9.99. The molecule has 0 radical (unpaired) electrons. The normalized spacial score (nSPS) is 12.8. The van der Waals surface area contributed by atoms with Gasteiger partial charge in [0.05, 0.1) is 0 Å². The predicted octanol–water partition coefficient (Wildman–Crippen LogP) is 6.27. The highest BCUT2D eigenvalue weighted by Gasteiger charge is 2.05. The van der Waals surface area contributed by atoms with E-state index in [1.165, 1.54) is 11.6 Å². The molecule has 2 rings (SSSR count). The number of allylic oxidation sites excluding steroid dienone is 3. The van der Waals surface area contributed by atoms with E-state index in [2.05, 4.69) is 23.3 Å². The van der Waals surface area contributed by atoms with Crippen LogP contribution in [0.15, 0.2) is 67.0 Å². The fraction of sp³-hybridized carbons (Fsp3) is 0.385. The zero-order chi connectivity index (χ0) is 21.6. The molecule has 0 bridgehead atoms. The molecule has 2 aromatic rings. The number of aryl methyl sites for hydroxylation is 1.